The summed E-state index contributed by atoms with van der Waals surface area (Å²) in [7, 11) is 0. The van der Waals surface area contributed by atoms with E-state index in [0.29, 0.717) is 17.1 Å². The molecule has 3 aromatic rings. The Labute approximate surface area is 149 Å². The molecule has 0 unspecified atom stereocenters. The summed E-state index contributed by atoms with van der Waals surface area (Å²) in [5, 5.41) is 6.07. The number of anilines is 3. The molecule has 1 amide bonds. The first-order valence-corrected chi connectivity index (χ1v) is 8.27. The van der Waals surface area contributed by atoms with Gasteiger partial charge in [-0.2, -0.15) is 0 Å². The minimum atomic E-state index is -0.153. The molecule has 2 N–H and O–H groups in total. The number of halogens is 1. The quantitative estimate of drug-likeness (QED) is 0.656. The lowest BCUT2D eigenvalue weighted by Gasteiger charge is -2.10. The SMILES string of the molecule is Cc1ccc(Nc2ccc(NC(=O)c3ccccc3)cn2)c(Br)c1. The minimum Gasteiger partial charge on any atom is -0.339 e. The molecular formula is C19H16BrN3O. The molecule has 0 radical (unpaired) electrons. The summed E-state index contributed by atoms with van der Waals surface area (Å²) in [5.74, 6) is 0.552. The minimum absolute atomic E-state index is 0.153. The maximum atomic E-state index is 12.1. The molecule has 0 aliphatic carbocycles. The van der Waals surface area contributed by atoms with Crippen LogP contribution in [0.15, 0.2) is 71.3 Å². The molecule has 3 rings (SSSR count). The molecule has 0 saturated carbocycles. The summed E-state index contributed by atoms with van der Waals surface area (Å²) >= 11 is 3.53. The molecule has 0 saturated heterocycles. The van der Waals surface area contributed by atoms with Gasteiger partial charge in [-0.05, 0) is 64.8 Å². The van der Waals surface area contributed by atoms with Crippen molar-refractivity contribution in [1.29, 1.82) is 0 Å². The Morgan fingerprint density at radius 2 is 1.83 bits per heavy atom. The Kier molecular flexibility index (Phi) is 4.91. The van der Waals surface area contributed by atoms with Crippen molar-refractivity contribution in [3.63, 3.8) is 0 Å². The third kappa shape index (κ3) is 4.00. The maximum absolute atomic E-state index is 12.1. The van der Waals surface area contributed by atoms with E-state index in [2.05, 4.69) is 31.5 Å². The number of carbonyl (C=O) groups is 1. The van der Waals surface area contributed by atoms with Gasteiger partial charge < -0.3 is 10.6 Å². The van der Waals surface area contributed by atoms with Crippen molar-refractivity contribution in [2.75, 3.05) is 10.6 Å². The number of rotatable bonds is 4. The summed E-state index contributed by atoms with van der Waals surface area (Å²) in [6.45, 7) is 2.04. The second kappa shape index (κ2) is 7.27. The topological polar surface area (TPSA) is 54.0 Å². The van der Waals surface area contributed by atoms with Crippen LogP contribution in [0.4, 0.5) is 17.2 Å². The first kappa shape index (κ1) is 16.2. The van der Waals surface area contributed by atoms with Gasteiger partial charge in [-0.25, -0.2) is 4.98 Å². The first-order chi connectivity index (χ1) is 11.6. The fraction of sp³-hybridized carbons (Fsp3) is 0.0526. The second-order valence-corrected chi connectivity index (χ2v) is 6.21. The van der Waals surface area contributed by atoms with Crippen LogP contribution in [0.25, 0.3) is 0 Å². The standard InChI is InChI=1S/C19H16BrN3O/c1-13-7-9-17(16(20)11-13)23-18-10-8-15(12-21-18)22-19(24)14-5-3-2-4-6-14/h2-12H,1H3,(H,21,23)(H,22,24). The number of nitrogens with one attached hydrogen (secondary N) is 2. The predicted molar refractivity (Wildman–Crippen MR) is 101 cm³/mol. The zero-order valence-electron chi connectivity index (χ0n) is 13.1. The van der Waals surface area contributed by atoms with Crippen LogP contribution in [-0.4, -0.2) is 10.9 Å². The van der Waals surface area contributed by atoms with Gasteiger partial charge in [0.25, 0.3) is 5.91 Å². The van der Waals surface area contributed by atoms with Gasteiger partial charge in [-0.15, -0.1) is 0 Å². The third-order valence-corrected chi connectivity index (χ3v) is 4.10. The highest BCUT2D eigenvalue weighted by Gasteiger charge is 2.06. The molecule has 0 atom stereocenters. The van der Waals surface area contributed by atoms with E-state index in [1.54, 1.807) is 18.3 Å². The average molecular weight is 382 g/mol. The maximum Gasteiger partial charge on any atom is 0.255 e. The highest BCUT2D eigenvalue weighted by atomic mass is 79.9. The van der Waals surface area contributed by atoms with Gasteiger partial charge in [-0.3, -0.25) is 4.79 Å². The molecule has 0 spiro atoms. The summed E-state index contributed by atoms with van der Waals surface area (Å²) in [5.41, 5.74) is 3.38. The van der Waals surface area contributed by atoms with Gasteiger partial charge in [0.15, 0.2) is 0 Å². The van der Waals surface area contributed by atoms with E-state index >= 15 is 0 Å². The Balaban J connectivity index is 1.68. The Morgan fingerprint density at radius 3 is 2.50 bits per heavy atom. The normalized spacial score (nSPS) is 10.2. The van der Waals surface area contributed by atoms with Crippen LogP contribution in [0.1, 0.15) is 15.9 Å². The van der Waals surface area contributed by atoms with E-state index in [0.717, 1.165) is 10.2 Å². The molecule has 2 aromatic carbocycles. The van der Waals surface area contributed by atoms with Crippen LogP contribution in [0.5, 0.6) is 0 Å². The fourth-order valence-electron chi connectivity index (χ4n) is 2.19. The molecule has 0 bridgehead atoms. The van der Waals surface area contributed by atoms with Crippen molar-refractivity contribution in [2.24, 2.45) is 0 Å². The molecule has 120 valence electrons. The van der Waals surface area contributed by atoms with Crippen molar-refractivity contribution in [2.45, 2.75) is 6.92 Å². The highest BCUT2D eigenvalue weighted by Crippen LogP contribution is 2.26. The van der Waals surface area contributed by atoms with Crippen molar-refractivity contribution in [1.82, 2.24) is 4.98 Å². The van der Waals surface area contributed by atoms with Crippen LogP contribution in [0.2, 0.25) is 0 Å². The third-order valence-electron chi connectivity index (χ3n) is 3.44. The van der Waals surface area contributed by atoms with Crippen LogP contribution < -0.4 is 10.6 Å². The summed E-state index contributed by atoms with van der Waals surface area (Å²) in [6.07, 6.45) is 1.63. The first-order valence-electron chi connectivity index (χ1n) is 7.47. The smallest absolute Gasteiger partial charge is 0.255 e. The zero-order valence-corrected chi connectivity index (χ0v) is 14.7. The molecule has 0 fully saturated rings. The summed E-state index contributed by atoms with van der Waals surface area (Å²) in [6, 6.07) is 18.8. The lowest BCUT2D eigenvalue weighted by atomic mass is 10.2. The van der Waals surface area contributed by atoms with E-state index in [4.69, 9.17) is 0 Å². The van der Waals surface area contributed by atoms with Crippen LogP contribution in [-0.2, 0) is 0 Å². The second-order valence-electron chi connectivity index (χ2n) is 5.36. The van der Waals surface area contributed by atoms with E-state index in [1.807, 2.05) is 55.5 Å². The molecule has 0 aliphatic rings. The average Bonchev–Trinajstić information content (AvgIpc) is 2.60. The lowest BCUT2D eigenvalue weighted by Crippen LogP contribution is -2.11. The highest BCUT2D eigenvalue weighted by molar-refractivity contribution is 9.10. The van der Waals surface area contributed by atoms with E-state index in [1.165, 1.54) is 5.56 Å². The largest absolute Gasteiger partial charge is 0.339 e. The number of hydrogen-bond donors (Lipinski definition) is 2. The molecule has 24 heavy (non-hydrogen) atoms. The van der Waals surface area contributed by atoms with Gasteiger partial charge in [0.1, 0.15) is 5.82 Å². The van der Waals surface area contributed by atoms with Crippen molar-refractivity contribution < 1.29 is 4.79 Å². The van der Waals surface area contributed by atoms with Crippen molar-refractivity contribution >= 4 is 39.0 Å². The van der Waals surface area contributed by atoms with Crippen LogP contribution in [0, 0.1) is 6.92 Å². The van der Waals surface area contributed by atoms with Crippen molar-refractivity contribution in [3.05, 3.63) is 82.5 Å². The van der Waals surface area contributed by atoms with E-state index < -0.39 is 0 Å². The van der Waals surface area contributed by atoms with Crippen LogP contribution in [0.3, 0.4) is 0 Å². The van der Waals surface area contributed by atoms with E-state index in [9.17, 15) is 4.79 Å². The lowest BCUT2D eigenvalue weighted by molar-refractivity contribution is 0.102. The Bertz CT molecular complexity index is 848. The molecule has 4 nitrogen and oxygen atoms in total. The van der Waals surface area contributed by atoms with Crippen molar-refractivity contribution in [3.8, 4) is 0 Å². The summed E-state index contributed by atoms with van der Waals surface area (Å²) in [4.78, 5) is 16.4. The number of aromatic nitrogens is 1. The molecule has 1 aromatic heterocycles. The number of nitrogens with zero attached hydrogens (tertiary/aromatic N) is 1. The van der Waals surface area contributed by atoms with Gasteiger partial charge in [0.05, 0.1) is 17.6 Å². The predicted octanol–water partition coefficient (Wildman–Crippen LogP) is 5.15. The van der Waals surface area contributed by atoms with Gasteiger partial charge in [0.2, 0.25) is 0 Å². The monoisotopic (exact) mass is 381 g/mol. The number of amides is 1. The molecule has 5 heteroatoms. The Morgan fingerprint density at radius 1 is 1.04 bits per heavy atom. The van der Waals surface area contributed by atoms with E-state index in [-0.39, 0.29) is 5.91 Å². The molecular weight excluding hydrogens is 366 g/mol. The van der Waals surface area contributed by atoms with Crippen LogP contribution >= 0.6 is 15.9 Å². The number of benzene rings is 2. The molecule has 0 aliphatic heterocycles. The summed E-state index contributed by atoms with van der Waals surface area (Å²) < 4.78 is 0.978. The fourth-order valence-corrected chi connectivity index (χ4v) is 2.79. The number of carbonyl (C=O) groups excluding carboxylic acids is 1. The number of hydrogen-bond acceptors (Lipinski definition) is 3. The number of aryl methyl sites for hydroxylation is 1. The zero-order chi connectivity index (χ0) is 16.9. The molecule has 1 heterocycles. The van der Waals surface area contributed by atoms with Gasteiger partial charge in [-0.1, -0.05) is 24.3 Å². The Hall–Kier alpha value is -2.66. The van der Waals surface area contributed by atoms with Gasteiger partial charge in [0, 0.05) is 10.0 Å². The number of pyridine rings is 1. The van der Waals surface area contributed by atoms with Gasteiger partial charge >= 0.3 is 0 Å².